The third-order valence-corrected chi connectivity index (χ3v) is 3.54. The van der Waals surface area contributed by atoms with Crippen LogP contribution in [0.15, 0.2) is 22.6 Å². The highest BCUT2D eigenvalue weighted by Gasteiger charge is 2.36. The van der Waals surface area contributed by atoms with E-state index in [9.17, 15) is 9.59 Å². The maximum Gasteiger partial charge on any atom is 0.326 e. The van der Waals surface area contributed by atoms with Gasteiger partial charge in [-0.25, -0.2) is 4.79 Å². The van der Waals surface area contributed by atoms with Crippen molar-refractivity contribution in [2.24, 2.45) is 5.92 Å². The molecule has 1 amide bonds. The minimum Gasteiger partial charge on any atom is -0.480 e. The van der Waals surface area contributed by atoms with Crippen molar-refractivity contribution in [2.45, 2.75) is 38.6 Å². The van der Waals surface area contributed by atoms with Gasteiger partial charge in [0.1, 0.15) is 17.6 Å². The fraction of sp³-hybridized carbons (Fsp3) is 0.467. The maximum atomic E-state index is 11.6. The second kappa shape index (κ2) is 5.94. The Morgan fingerprint density at radius 2 is 2.25 bits per heavy atom. The van der Waals surface area contributed by atoms with Crippen LogP contribution in [0.2, 0.25) is 0 Å². The predicted octanol–water partition coefficient (Wildman–Crippen LogP) is 2.40. The molecule has 3 atom stereocenters. The molecule has 1 saturated carbocycles. The Bertz CT molecular complexity index is 532. The van der Waals surface area contributed by atoms with Crippen molar-refractivity contribution in [3.63, 3.8) is 0 Å². The number of carbonyl (C=O) groups is 2. The summed E-state index contributed by atoms with van der Waals surface area (Å²) in [4.78, 5) is 22.4. The molecule has 5 nitrogen and oxygen atoms in total. The summed E-state index contributed by atoms with van der Waals surface area (Å²) >= 11 is 0. The number of amides is 1. The highest BCUT2D eigenvalue weighted by Crippen LogP contribution is 2.47. The molecule has 1 aliphatic rings. The molecule has 2 rings (SSSR count). The van der Waals surface area contributed by atoms with E-state index in [4.69, 9.17) is 9.52 Å². The topological polar surface area (TPSA) is 79.5 Å². The first-order valence-corrected chi connectivity index (χ1v) is 6.82. The molecule has 5 heteroatoms. The molecular formula is C15H19NO4. The summed E-state index contributed by atoms with van der Waals surface area (Å²) < 4.78 is 5.62. The van der Waals surface area contributed by atoms with E-state index in [0.717, 1.165) is 12.2 Å². The fourth-order valence-corrected chi connectivity index (χ4v) is 2.09. The van der Waals surface area contributed by atoms with Gasteiger partial charge in [0.15, 0.2) is 0 Å². The third kappa shape index (κ3) is 3.50. The first-order valence-electron chi connectivity index (χ1n) is 6.82. The van der Waals surface area contributed by atoms with E-state index in [2.05, 4.69) is 12.2 Å². The van der Waals surface area contributed by atoms with Crippen LogP contribution in [0.1, 0.15) is 44.1 Å². The number of carbonyl (C=O) groups excluding carboxylic acids is 1. The van der Waals surface area contributed by atoms with Crippen molar-refractivity contribution in [1.29, 1.82) is 0 Å². The molecule has 108 valence electrons. The molecule has 1 aromatic heterocycles. The monoisotopic (exact) mass is 277 g/mol. The zero-order chi connectivity index (χ0) is 14.7. The van der Waals surface area contributed by atoms with Crippen LogP contribution in [0.25, 0.3) is 6.08 Å². The molecule has 20 heavy (non-hydrogen) atoms. The number of hydrogen-bond acceptors (Lipinski definition) is 3. The number of furan rings is 1. The zero-order valence-electron chi connectivity index (χ0n) is 11.6. The highest BCUT2D eigenvalue weighted by atomic mass is 16.4. The van der Waals surface area contributed by atoms with Crippen molar-refractivity contribution < 1.29 is 19.1 Å². The summed E-state index contributed by atoms with van der Waals surface area (Å²) in [6.45, 7) is 3.88. The van der Waals surface area contributed by atoms with Gasteiger partial charge in [0.05, 0.1) is 0 Å². The molecule has 0 radical (unpaired) electrons. The van der Waals surface area contributed by atoms with Gasteiger partial charge >= 0.3 is 5.97 Å². The Morgan fingerprint density at radius 3 is 2.80 bits per heavy atom. The van der Waals surface area contributed by atoms with Gasteiger partial charge in [-0.3, -0.25) is 4.79 Å². The van der Waals surface area contributed by atoms with E-state index in [-0.39, 0.29) is 0 Å². The van der Waals surface area contributed by atoms with E-state index in [0.29, 0.717) is 24.0 Å². The normalized spacial score (nSPS) is 22.7. The first kappa shape index (κ1) is 14.4. The molecule has 2 N–H and O–H groups in total. The van der Waals surface area contributed by atoms with Crippen molar-refractivity contribution in [1.82, 2.24) is 5.32 Å². The lowest BCUT2D eigenvalue weighted by Gasteiger charge is -2.09. The van der Waals surface area contributed by atoms with Crippen LogP contribution in [0.3, 0.4) is 0 Å². The number of aliphatic carboxylic acids is 1. The summed E-state index contributed by atoms with van der Waals surface area (Å²) in [5.41, 5.74) is 0. The molecule has 0 aliphatic heterocycles. The average molecular weight is 277 g/mol. The van der Waals surface area contributed by atoms with E-state index in [1.54, 1.807) is 13.0 Å². The number of carboxylic acid groups (broad SMARTS) is 1. The summed E-state index contributed by atoms with van der Waals surface area (Å²) in [5.74, 6) is 1.27. The molecule has 0 bridgehead atoms. The molecule has 1 aromatic rings. The summed E-state index contributed by atoms with van der Waals surface area (Å²) in [7, 11) is 0. The number of rotatable bonds is 6. The molecule has 1 aliphatic carbocycles. The molecule has 2 unspecified atom stereocenters. The van der Waals surface area contributed by atoms with Crippen LogP contribution in [-0.4, -0.2) is 23.0 Å². The second-order valence-corrected chi connectivity index (χ2v) is 5.20. The predicted molar refractivity (Wildman–Crippen MR) is 74.1 cm³/mol. The molecule has 0 spiro atoms. The van der Waals surface area contributed by atoms with E-state index < -0.39 is 17.9 Å². The number of nitrogens with one attached hydrogen (secondary N) is 1. The summed E-state index contributed by atoms with van der Waals surface area (Å²) in [5, 5.41) is 11.3. The Hall–Kier alpha value is -2.04. The Morgan fingerprint density at radius 1 is 1.55 bits per heavy atom. The fourth-order valence-electron chi connectivity index (χ4n) is 2.09. The van der Waals surface area contributed by atoms with Crippen LogP contribution >= 0.6 is 0 Å². The van der Waals surface area contributed by atoms with E-state index in [1.807, 2.05) is 12.1 Å². The SMILES string of the molecule is CC[C@H](NC(=O)/C=C/c1ccc(C2CC2C)o1)C(=O)O. The number of carboxylic acids is 1. The van der Waals surface area contributed by atoms with Gasteiger partial charge < -0.3 is 14.8 Å². The Balaban J connectivity index is 1.90. The van der Waals surface area contributed by atoms with Crippen LogP contribution < -0.4 is 5.32 Å². The second-order valence-electron chi connectivity index (χ2n) is 5.20. The number of hydrogen-bond donors (Lipinski definition) is 2. The smallest absolute Gasteiger partial charge is 0.326 e. The van der Waals surface area contributed by atoms with Gasteiger partial charge in [0, 0.05) is 12.0 Å². The van der Waals surface area contributed by atoms with Crippen LogP contribution in [0.5, 0.6) is 0 Å². The third-order valence-electron chi connectivity index (χ3n) is 3.54. The molecule has 0 aromatic carbocycles. The van der Waals surface area contributed by atoms with Crippen LogP contribution in [0.4, 0.5) is 0 Å². The van der Waals surface area contributed by atoms with E-state index in [1.165, 1.54) is 6.08 Å². The lowest BCUT2D eigenvalue weighted by molar-refractivity contribution is -0.141. The lowest BCUT2D eigenvalue weighted by Crippen LogP contribution is -2.39. The highest BCUT2D eigenvalue weighted by molar-refractivity contribution is 5.94. The Kier molecular flexibility index (Phi) is 4.27. The minimum atomic E-state index is -1.03. The van der Waals surface area contributed by atoms with Gasteiger partial charge in [0.2, 0.25) is 5.91 Å². The van der Waals surface area contributed by atoms with Crippen molar-refractivity contribution in [2.75, 3.05) is 0 Å². The molecule has 0 saturated heterocycles. The largest absolute Gasteiger partial charge is 0.480 e. The minimum absolute atomic E-state index is 0.347. The standard InChI is InChI=1S/C15H19NO4/c1-3-12(15(18)19)16-14(17)7-5-10-4-6-13(20-10)11-8-9(11)2/h4-7,9,11-12H,3,8H2,1-2H3,(H,16,17)(H,18,19)/b7-5+/t9?,11?,12-/m0/s1. The van der Waals surface area contributed by atoms with Crippen molar-refractivity contribution in [3.05, 3.63) is 29.7 Å². The lowest BCUT2D eigenvalue weighted by atomic mass is 10.2. The van der Waals surface area contributed by atoms with Crippen LogP contribution in [0, 0.1) is 5.92 Å². The summed E-state index contributed by atoms with van der Waals surface area (Å²) in [6, 6.07) is 2.89. The Labute approximate surface area is 117 Å². The van der Waals surface area contributed by atoms with Gasteiger partial charge in [-0.2, -0.15) is 0 Å². The molecule has 1 fully saturated rings. The molecular weight excluding hydrogens is 258 g/mol. The van der Waals surface area contributed by atoms with Gasteiger partial charge in [-0.15, -0.1) is 0 Å². The summed E-state index contributed by atoms with van der Waals surface area (Å²) in [6.07, 6.45) is 4.35. The van der Waals surface area contributed by atoms with Gasteiger partial charge in [-0.05, 0) is 37.0 Å². The zero-order valence-corrected chi connectivity index (χ0v) is 11.6. The van der Waals surface area contributed by atoms with E-state index >= 15 is 0 Å². The average Bonchev–Trinajstić information content (AvgIpc) is 2.96. The van der Waals surface area contributed by atoms with Gasteiger partial charge in [-0.1, -0.05) is 13.8 Å². The molecule has 1 heterocycles. The van der Waals surface area contributed by atoms with Crippen molar-refractivity contribution in [3.8, 4) is 0 Å². The van der Waals surface area contributed by atoms with Crippen LogP contribution in [-0.2, 0) is 9.59 Å². The maximum absolute atomic E-state index is 11.6. The first-order chi connectivity index (χ1) is 9.51. The van der Waals surface area contributed by atoms with Crippen molar-refractivity contribution >= 4 is 18.0 Å². The van der Waals surface area contributed by atoms with Gasteiger partial charge in [0.25, 0.3) is 0 Å². The quantitative estimate of drug-likeness (QED) is 0.782.